The van der Waals surface area contributed by atoms with Crippen molar-refractivity contribution < 1.29 is 14.3 Å². The molecule has 3 heterocycles. The van der Waals surface area contributed by atoms with E-state index in [2.05, 4.69) is 10.4 Å². The highest BCUT2D eigenvalue weighted by molar-refractivity contribution is 5.92. The number of carbonyl (C=O) groups excluding carboxylic acids is 1. The van der Waals surface area contributed by atoms with Gasteiger partial charge in [-0.15, -0.1) is 0 Å². The lowest BCUT2D eigenvalue weighted by Crippen LogP contribution is -2.40. The molecule has 2 aromatic heterocycles. The Kier molecular flexibility index (Phi) is 4.94. The van der Waals surface area contributed by atoms with Gasteiger partial charge in [-0.05, 0) is 50.1 Å². The number of nitrogens with zero attached hydrogens (tertiary/aromatic N) is 3. The Bertz CT molecular complexity index is 1280. The Hall–Kier alpha value is -3.61. The Labute approximate surface area is 180 Å². The highest BCUT2D eigenvalue weighted by Gasteiger charge is 2.21. The van der Waals surface area contributed by atoms with Crippen LogP contribution in [0.5, 0.6) is 11.5 Å². The minimum absolute atomic E-state index is 0.0213. The van der Waals surface area contributed by atoms with Crippen LogP contribution in [0.4, 0.5) is 0 Å². The van der Waals surface area contributed by atoms with Gasteiger partial charge in [0, 0.05) is 23.2 Å². The molecule has 158 valence electrons. The number of rotatable bonds is 5. The molecule has 0 saturated carbocycles. The predicted molar refractivity (Wildman–Crippen MR) is 118 cm³/mol. The summed E-state index contributed by atoms with van der Waals surface area (Å²) in [6.07, 6.45) is 0.782. The summed E-state index contributed by atoms with van der Waals surface area (Å²) in [5, 5.41) is 8.68. The van der Waals surface area contributed by atoms with Crippen molar-refractivity contribution in [1.29, 1.82) is 0 Å². The number of benzene rings is 2. The van der Waals surface area contributed by atoms with Crippen LogP contribution < -0.4 is 14.8 Å². The molecule has 5 rings (SSSR count). The molecule has 4 aromatic rings. The summed E-state index contributed by atoms with van der Waals surface area (Å²) in [7, 11) is 0. The Morgan fingerprint density at radius 1 is 1.13 bits per heavy atom. The van der Waals surface area contributed by atoms with E-state index in [9.17, 15) is 4.79 Å². The molecule has 1 amide bonds. The number of hydrogen-bond donors (Lipinski definition) is 1. The van der Waals surface area contributed by atoms with Crippen LogP contribution in [0.2, 0.25) is 0 Å². The van der Waals surface area contributed by atoms with Gasteiger partial charge in [0.1, 0.15) is 12.7 Å². The van der Waals surface area contributed by atoms with Crippen LogP contribution in [0, 0.1) is 13.8 Å². The quantitative estimate of drug-likeness (QED) is 0.540. The third-order valence-electron chi connectivity index (χ3n) is 5.71. The maximum absolute atomic E-state index is 12.5. The second-order valence-electron chi connectivity index (χ2n) is 7.82. The first-order valence-corrected chi connectivity index (χ1v) is 10.5. The molecule has 1 aliphatic rings. The van der Waals surface area contributed by atoms with Gasteiger partial charge in [-0.1, -0.05) is 24.3 Å². The van der Waals surface area contributed by atoms with Crippen LogP contribution in [-0.4, -0.2) is 39.8 Å². The normalized spacial score (nSPS) is 15.4. The first-order valence-electron chi connectivity index (χ1n) is 10.5. The van der Waals surface area contributed by atoms with Crippen LogP contribution in [0.3, 0.4) is 0 Å². The second-order valence-corrected chi connectivity index (χ2v) is 7.82. The summed E-state index contributed by atoms with van der Waals surface area (Å²) in [5.74, 6) is 1.43. The van der Waals surface area contributed by atoms with Gasteiger partial charge in [0.2, 0.25) is 5.91 Å². The van der Waals surface area contributed by atoms with E-state index in [1.165, 1.54) is 0 Å². The van der Waals surface area contributed by atoms with Gasteiger partial charge in [-0.25, -0.2) is 9.50 Å². The van der Waals surface area contributed by atoms with E-state index in [1.807, 2.05) is 66.9 Å². The third kappa shape index (κ3) is 3.67. The molecule has 1 aliphatic heterocycles. The molecular weight excluding hydrogens is 392 g/mol. The van der Waals surface area contributed by atoms with Gasteiger partial charge in [0.15, 0.2) is 17.1 Å². The van der Waals surface area contributed by atoms with Crippen LogP contribution in [0.25, 0.3) is 16.6 Å². The number of para-hydroxylation sites is 2. The highest BCUT2D eigenvalue weighted by Crippen LogP contribution is 2.30. The number of hydrogen-bond acceptors (Lipinski definition) is 5. The fourth-order valence-corrected chi connectivity index (χ4v) is 4.06. The molecule has 0 fully saturated rings. The molecule has 1 atom stereocenters. The summed E-state index contributed by atoms with van der Waals surface area (Å²) < 4.78 is 13.5. The van der Waals surface area contributed by atoms with Crippen molar-refractivity contribution in [3.63, 3.8) is 0 Å². The molecule has 0 unspecified atom stereocenters. The average Bonchev–Trinajstić information content (AvgIpc) is 3.16. The van der Waals surface area contributed by atoms with Crippen molar-refractivity contribution in [3.8, 4) is 11.5 Å². The summed E-state index contributed by atoms with van der Waals surface area (Å²) in [6, 6.07) is 15.6. The molecule has 31 heavy (non-hydrogen) atoms. The van der Waals surface area contributed by atoms with Gasteiger partial charge in [-0.2, -0.15) is 5.10 Å². The minimum atomic E-state index is -0.197. The lowest BCUT2D eigenvalue weighted by molar-refractivity contribution is -0.121. The van der Waals surface area contributed by atoms with Crippen molar-refractivity contribution in [2.75, 3.05) is 13.2 Å². The monoisotopic (exact) mass is 416 g/mol. The number of carbonyl (C=O) groups is 1. The number of nitrogens with one attached hydrogen (secondary N) is 1. The largest absolute Gasteiger partial charge is 0.486 e. The third-order valence-corrected chi connectivity index (χ3v) is 5.71. The van der Waals surface area contributed by atoms with E-state index in [0.29, 0.717) is 31.7 Å². The molecule has 2 aromatic carbocycles. The van der Waals surface area contributed by atoms with E-state index in [4.69, 9.17) is 14.5 Å². The Morgan fingerprint density at radius 3 is 2.77 bits per heavy atom. The maximum atomic E-state index is 12.5. The molecule has 0 radical (unpaired) electrons. The molecule has 0 bridgehead atoms. The fourth-order valence-electron chi connectivity index (χ4n) is 4.06. The highest BCUT2D eigenvalue weighted by atomic mass is 16.6. The molecule has 7 heteroatoms. The zero-order valence-electron chi connectivity index (χ0n) is 17.6. The molecule has 0 spiro atoms. The predicted octanol–water partition coefficient (Wildman–Crippen LogP) is 3.39. The SMILES string of the molecule is Cc1nc2c3ccccc3nn2c(C)c1CCC(=O)NC[C@H]1COc2ccccc2O1. The topological polar surface area (TPSA) is 77.8 Å². The van der Waals surface area contributed by atoms with Crippen LogP contribution in [0.15, 0.2) is 48.5 Å². The summed E-state index contributed by atoms with van der Waals surface area (Å²) in [5.41, 5.74) is 4.79. The van der Waals surface area contributed by atoms with E-state index >= 15 is 0 Å². The molecular formula is C24H24N4O3. The van der Waals surface area contributed by atoms with Crippen molar-refractivity contribution in [1.82, 2.24) is 19.9 Å². The van der Waals surface area contributed by atoms with E-state index in [0.717, 1.165) is 39.3 Å². The minimum Gasteiger partial charge on any atom is -0.486 e. The number of amides is 1. The van der Waals surface area contributed by atoms with Crippen molar-refractivity contribution in [2.24, 2.45) is 0 Å². The lowest BCUT2D eigenvalue weighted by atomic mass is 10.1. The zero-order valence-corrected chi connectivity index (χ0v) is 17.6. The van der Waals surface area contributed by atoms with Gasteiger partial charge >= 0.3 is 0 Å². The first kappa shape index (κ1) is 19.4. The molecule has 1 N–H and O–H groups in total. The van der Waals surface area contributed by atoms with Crippen LogP contribution in [0.1, 0.15) is 23.4 Å². The summed E-state index contributed by atoms with van der Waals surface area (Å²) in [4.78, 5) is 17.3. The van der Waals surface area contributed by atoms with Crippen molar-refractivity contribution >= 4 is 22.5 Å². The maximum Gasteiger partial charge on any atom is 0.220 e. The Balaban J connectivity index is 1.23. The number of fused-ring (bicyclic) bond motifs is 4. The summed E-state index contributed by atoms with van der Waals surface area (Å²) >= 11 is 0. The van der Waals surface area contributed by atoms with Gasteiger partial charge in [0.05, 0.1) is 12.1 Å². The molecule has 0 aliphatic carbocycles. The van der Waals surface area contributed by atoms with Crippen molar-refractivity contribution in [3.05, 3.63) is 65.5 Å². The molecule has 7 nitrogen and oxygen atoms in total. The fraction of sp³-hybridized carbons (Fsp3) is 0.292. The van der Waals surface area contributed by atoms with Crippen molar-refractivity contribution in [2.45, 2.75) is 32.8 Å². The van der Waals surface area contributed by atoms with Gasteiger partial charge in [0.25, 0.3) is 0 Å². The van der Waals surface area contributed by atoms with Crippen LogP contribution in [-0.2, 0) is 11.2 Å². The van der Waals surface area contributed by atoms with Crippen LogP contribution >= 0.6 is 0 Å². The summed E-state index contributed by atoms with van der Waals surface area (Å²) in [6.45, 7) is 4.86. The van der Waals surface area contributed by atoms with E-state index < -0.39 is 0 Å². The smallest absolute Gasteiger partial charge is 0.220 e. The Morgan fingerprint density at radius 2 is 1.90 bits per heavy atom. The lowest BCUT2D eigenvalue weighted by Gasteiger charge is -2.26. The average molecular weight is 416 g/mol. The number of aryl methyl sites for hydroxylation is 2. The standard InChI is InChI=1S/C24H24N4O3/c1-15-18(16(2)28-24(26-15)19-7-3-4-8-20(19)27-28)11-12-23(29)25-13-17-14-30-21-9-5-6-10-22(21)31-17/h3-10,17H,11-14H2,1-2H3,(H,25,29)/t17-/m0/s1. The van der Waals surface area contributed by atoms with Gasteiger partial charge < -0.3 is 14.8 Å². The zero-order chi connectivity index (χ0) is 21.4. The number of aromatic nitrogens is 3. The first-order chi connectivity index (χ1) is 15.1. The second kappa shape index (κ2) is 7.91. The van der Waals surface area contributed by atoms with E-state index in [1.54, 1.807) is 0 Å². The van der Waals surface area contributed by atoms with Gasteiger partial charge in [-0.3, -0.25) is 4.79 Å². The molecule has 0 saturated heterocycles. The number of ether oxygens (including phenoxy) is 2. The van der Waals surface area contributed by atoms with E-state index in [-0.39, 0.29) is 12.0 Å².